The first-order valence-electron chi connectivity index (χ1n) is 5.94. The number of aromatic nitrogens is 2. The topological polar surface area (TPSA) is 54.2 Å². The van der Waals surface area contributed by atoms with Crippen LogP contribution in [0.5, 0.6) is 0 Å². The number of nitrogens with zero attached hydrogens (tertiary/aromatic N) is 3. The lowest BCUT2D eigenvalue weighted by Crippen LogP contribution is -2.42. The number of guanidine groups is 1. The van der Waals surface area contributed by atoms with E-state index in [9.17, 15) is 0 Å². The molecule has 0 atom stereocenters. The number of hydrogen-bond donors (Lipinski definition) is 2. The zero-order valence-electron chi connectivity index (χ0n) is 12.2. The van der Waals surface area contributed by atoms with Crippen molar-refractivity contribution in [2.45, 2.75) is 25.1 Å². The average molecular weight is 397 g/mol. The highest BCUT2D eigenvalue weighted by atomic mass is 127. The van der Waals surface area contributed by atoms with E-state index in [1.165, 1.54) is 0 Å². The zero-order valence-corrected chi connectivity index (χ0v) is 15.4. The number of aryl methyl sites for hydroxylation is 1. The smallest absolute Gasteiger partial charge is 0.191 e. The first-order chi connectivity index (χ1) is 8.46. The van der Waals surface area contributed by atoms with Gasteiger partial charge in [-0.2, -0.15) is 16.9 Å². The van der Waals surface area contributed by atoms with Crippen molar-refractivity contribution in [2.75, 3.05) is 19.8 Å². The Morgan fingerprint density at radius 2 is 2.16 bits per heavy atom. The van der Waals surface area contributed by atoms with Crippen LogP contribution in [0.2, 0.25) is 0 Å². The molecule has 0 amide bonds. The Bertz CT molecular complexity index is 403. The molecule has 0 aliphatic carbocycles. The van der Waals surface area contributed by atoms with Gasteiger partial charge in [0.15, 0.2) is 5.96 Å². The van der Waals surface area contributed by atoms with Gasteiger partial charge in [-0.05, 0) is 20.1 Å². The van der Waals surface area contributed by atoms with E-state index in [0.717, 1.165) is 24.6 Å². The van der Waals surface area contributed by atoms with Crippen LogP contribution in [0.15, 0.2) is 17.4 Å². The maximum absolute atomic E-state index is 4.21. The van der Waals surface area contributed by atoms with Gasteiger partial charge in [-0.15, -0.1) is 24.0 Å². The summed E-state index contributed by atoms with van der Waals surface area (Å²) in [5.74, 6) is 0.820. The molecule has 0 radical (unpaired) electrons. The third-order valence-corrected chi connectivity index (χ3v) is 3.93. The van der Waals surface area contributed by atoms with E-state index in [2.05, 4.69) is 40.8 Å². The van der Waals surface area contributed by atoms with Gasteiger partial charge in [0.2, 0.25) is 0 Å². The minimum atomic E-state index is 0. The quantitative estimate of drug-likeness (QED) is 0.453. The predicted octanol–water partition coefficient (Wildman–Crippen LogP) is 1.84. The molecular weight excluding hydrogens is 373 g/mol. The van der Waals surface area contributed by atoms with Crippen molar-refractivity contribution in [3.63, 3.8) is 0 Å². The van der Waals surface area contributed by atoms with Crippen molar-refractivity contribution in [3.05, 3.63) is 18.0 Å². The Morgan fingerprint density at radius 1 is 1.47 bits per heavy atom. The summed E-state index contributed by atoms with van der Waals surface area (Å²) in [4.78, 5) is 4.21. The number of thioether (sulfide) groups is 1. The summed E-state index contributed by atoms with van der Waals surface area (Å²) >= 11 is 1.84. The molecule has 1 rings (SSSR count). The monoisotopic (exact) mass is 397 g/mol. The highest BCUT2D eigenvalue weighted by molar-refractivity contribution is 14.0. The van der Waals surface area contributed by atoms with Crippen molar-refractivity contribution >= 4 is 41.7 Å². The van der Waals surface area contributed by atoms with Crippen LogP contribution in [0, 0.1) is 0 Å². The SMILES string of the molecule is CN=C(NCc1cnn(C)c1)NCC(C)(C)SC.I. The van der Waals surface area contributed by atoms with Crippen molar-refractivity contribution in [3.8, 4) is 0 Å². The van der Waals surface area contributed by atoms with Gasteiger partial charge < -0.3 is 10.6 Å². The van der Waals surface area contributed by atoms with Gasteiger partial charge in [-0.3, -0.25) is 9.67 Å². The number of aliphatic imine (C=N–C) groups is 1. The zero-order chi connectivity index (χ0) is 13.6. The molecule has 7 heteroatoms. The van der Waals surface area contributed by atoms with Crippen LogP contribution in [0.4, 0.5) is 0 Å². The van der Waals surface area contributed by atoms with Crippen LogP contribution in [0.3, 0.4) is 0 Å². The third kappa shape index (κ3) is 7.05. The maximum Gasteiger partial charge on any atom is 0.191 e. The lowest BCUT2D eigenvalue weighted by atomic mass is 10.2. The highest BCUT2D eigenvalue weighted by Gasteiger charge is 2.15. The van der Waals surface area contributed by atoms with Crippen LogP contribution < -0.4 is 10.6 Å². The molecule has 2 N–H and O–H groups in total. The molecular formula is C12H24IN5S. The van der Waals surface area contributed by atoms with E-state index in [4.69, 9.17) is 0 Å². The standard InChI is InChI=1S/C12H23N5S.HI/c1-12(2,18-5)9-15-11(13-3)14-6-10-7-16-17(4)8-10;/h7-8H,6,9H2,1-5H3,(H2,13,14,15);1H. The minimum absolute atomic E-state index is 0. The highest BCUT2D eigenvalue weighted by Crippen LogP contribution is 2.19. The normalized spacial score (nSPS) is 11.9. The lowest BCUT2D eigenvalue weighted by Gasteiger charge is -2.23. The van der Waals surface area contributed by atoms with Crippen LogP contribution in [0.25, 0.3) is 0 Å². The van der Waals surface area contributed by atoms with Crippen LogP contribution in [-0.4, -0.2) is 40.3 Å². The van der Waals surface area contributed by atoms with E-state index in [1.807, 2.05) is 31.2 Å². The predicted molar refractivity (Wildman–Crippen MR) is 94.4 cm³/mol. The first-order valence-corrected chi connectivity index (χ1v) is 7.16. The molecule has 0 unspecified atom stereocenters. The van der Waals surface area contributed by atoms with Gasteiger partial charge in [0.1, 0.15) is 0 Å². The molecule has 0 aliphatic rings. The average Bonchev–Trinajstić information content (AvgIpc) is 2.75. The molecule has 0 spiro atoms. The molecule has 0 saturated heterocycles. The second kappa shape index (κ2) is 8.68. The summed E-state index contributed by atoms with van der Waals surface area (Å²) in [6, 6.07) is 0. The van der Waals surface area contributed by atoms with E-state index < -0.39 is 0 Å². The second-order valence-electron chi connectivity index (χ2n) is 4.77. The summed E-state index contributed by atoms with van der Waals surface area (Å²) in [7, 11) is 3.70. The van der Waals surface area contributed by atoms with Crippen molar-refractivity contribution in [2.24, 2.45) is 12.0 Å². The Hall–Kier alpha value is -0.440. The molecule has 1 aromatic heterocycles. The fraction of sp³-hybridized carbons (Fsp3) is 0.667. The fourth-order valence-electron chi connectivity index (χ4n) is 1.34. The van der Waals surface area contributed by atoms with Crippen LogP contribution in [-0.2, 0) is 13.6 Å². The summed E-state index contributed by atoms with van der Waals surface area (Å²) < 4.78 is 2.00. The summed E-state index contributed by atoms with van der Waals surface area (Å²) in [6.45, 7) is 6.02. The molecule has 0 bridgehead atoms. The Kier molecular flexibility index (Phi) is 8.47. The summed E-state index contributed by atoms with van der Waals surface area (Å²) in [5.41, 5.74) is 1.14. The van der Waals surface area contributed by atoms with E-state index in [-0.39, 0.29) is 28.7 Å². The second-order valence-corrected chi connectivity index (χ2v) is 6.28. The molecule has 110 valence electrons. The molecule has 5 nitrogen and oxygen atoms in total. The minimum Gasteiger partial charge on any atom is -0.355 e. The number of rotatable bonds is 5. The Labute approximate surface area is 137 Å². The molecule has 0 fully saturated rings. The fourth-order valence-corrected chi connectivity index (χ4v) is 1.55. The number of hydrogen-bond acceptors (Lipinski definition) is 3. The lowest BCUT2D eigenvalue weighted by molar-refractivity contribution is 0.664. The van der Waals surface area contributed by atoms with Crippen molar-refractivity contribution in [1.29, 1.82) is 0 Å². The van der Waals surface area contributed by atoms with Gasteiger partial charge in [0.05, 0.1) is 6.20 Å². The van der Waals surface area contributed by atoms with Crippen molar-refractivity contribution < 1.29 is 0 Å². The molecule has 0 aromatic carbocycles. The first kappa shape index (κ1) is 18.6. The van der Waals surface area contributed by atoms with E-state index in [1.54, 1.807) is 11.7 Å². The number of nitrogens with one attached hydrogen (secondary N) is 2. The molecule has 1 heterocycles. The van der Waals surface area contributed by atoms with Gasteiger partial charge in [-0.25, -0.2) is 0 Å². The van der Waals surface area contributed by atoms with Crippen LogP contribution >= 0.6 is 35.7 Å². The summed E-state index contributed by atoms with van der Waals surface area (Å²) in [6.07, 6.45) is 5.96. The number of halogens is 1. The van der Waals surface area contributed by atoms with E-state index >= 15 is 0 Å². The van der Waals surface area contributed by atoms with Gasteiger partial charge in [0, 0.05) is 43.7 Å². The molecule has 0 aliphatic heterocycles. The maximum atomic E-state index is 4.21. The third-order valence-electron chi connectivity index (χ3n) is 2.68. The van der Waals surface area contributed by atoms with Gasteiger partial charge in [0.25, 0.3) is 0 Å². The Balaban J connectivity index is 0.00000324. The molecule has 19 heavy (non-hydrogen) atoms. The van der Waals surface area contributed by atoms with Gasteiger partial charge >= 0.3 is 0 Å². The largest absolute Gasteiger partial charge is 0.355 e. The van der Waals surface area contributed by atoms with Gasteiger partial charge in [-0.1, -0.05) is 0 Å². The molecule has 1 aromatic rings. The Morgan fingerprint density at radius 3 is 2.63 bits per heavy atom. The van der Waals surface area contributed by atoms with E-state index in [0.29, 0.717) is 0 Å². The van der Waals surface area contributed by atoms with Crippen molar-refractivity contribution in [1.82, 2.24) is 20.4 Å². The molecule has 0 saturated carbocycles. The summed E-state index contributed by atoms with van der Waals surface area (Å²) in [5, 5.41) is 10.7. The van der Waals surface area contributed by atoms with Crippen LogP contribution in [0.1, 0.15) is 19.4 Å².